The Labute approximate surface area is 158 Å². The summed E-state index contributed by atoms with van der Waals surface area (Å²) in [4.78, 5) is 17.8. The van der Waals surface area contributed by atoms with Gasteiger partial charge < -0.3 is 4.98 Å². The van der Waals surface area contributed by atoms with Gasteiger partial charge in [-0.25, -0.2) is 0 Å². The fourth-order valence-corrected chi connectivity index (χ4v) is 4.23. The summed E-state index contributed by atoms with van der Waals surface area (Å²) in [5.41, 5.74) is 3.54. The van der Waals surface area contributed by atoms with Crippen molar-refractivity contribution in [1.82, 2.24) is 9.88 Å². The molecule has 2 heterocycles. The van der Waals surface area contributed by atoms with Crippen molar-refractivity contribution in [2.45, 2.75) is 32.2 Å². The first-order valence-corrected chi connectivity index (χ1v) is 9.58. The molecule has 134 valence electrons. The second-order valence-electron chi connectivity index (χ2n) is 7.21. The smallest absolute Gasteiger partial charge is 0.256 e. The molecular formula is C22H23ClN2O. The Kier molecular flexibility index (Phi) is 4.84. The number of aryl methyl sites for hydroxylation is 1. The molecule has 4 heteroatoms. The predicted octanol–water partition coefficient (Wildman–Crippen LogP) is 4.87. The van der Waals surface area contributed by atoms with Crippen LogP contribution in [0.25, 0.3) is 10.8 Å². The minimum absolute atomic E-state index is 0.0634. The van der Waals surface area contributed by atoms with Crippen LogP contribution in [0, 0.1) is 6.92 Å². The van der Waals surface area contributed by atoms with Crippen LogP contribution in [0.5, 0.6) is 0 Å². The van der Waals surface area contributed by atoms with E-state index < -0.39 is 0 Å². The highest BCUT2D eigenvalue weighted by Gasteiger charge is 2.21. The van der Waals surface area contributed by atoms with Crippen LogP contribution in [-0.4, -0.2) is 23.0 Å². The largest absolute Gasteiger partial charge is 0.326 e. The molecular weight excluding hydrogens is 344 g/mol. The van der Waals surface area contributed by atoms with Gasteiger partial charge in [0.15, 0.2) is 0 Å². The molecule has 1 aliphatic heterocycles. The number of aromatic amines is 1. The third kappa shape index (κ3) is 3.42. The lowest BCUT2D eigenvalue weighted by atomic mass is 9.89. The molecule has 0 atom stereocenters. The van der Waals surface area contributed by atoms with Crippen LogP contribution in [0.3, 0.4) is 0 Å². The molecule has 0 radical (unpaired) electrons. The molecule has 1 saturated heterocycles. The number of piperidine rings is 1. The van der Waals surface area contributed by atoms with Gasteiger partial charge >= 0.3 is 0 Å². The maximum Gasteiger partial charge on any atom is 0.256 e. The first-order valence-electron chi connectivity index (χ1n) is 9.20. The van der Waals surface area contributed by atoms with Gasteiger partial charge in [-0.05, 0) is 67.4 Å². The maximum atomic E-state index is 12.3. The van der Waals surface area contributed by atoms with Gasteiger partial charge in [0.05, 0.1) is 0 Å². The van der Waals surface area contributed by atoms with Crippen LogP contribution < -0.4 is 5.56 Å². The van der Waals surface area contributed by atoms with Crippen molar-refractivity contribution in [3.05, 3.63) is 80.7 Å². The van der Waals surface area contributed by atoms with Crippen molar-refractivity contribution >= 4 is 22.4 Å². The Balaban J connectivity index is 1.55. The number of nitrogens with zero attached hydrogens (tertiary/aromatic N) is 1. The zero-order valence-corrected chi connectivity index (χ0v) is 15.7. The second-order valence-corrected chi connectivity index (χ2v) is 7.65. The Morgan fingerprint density at radius 2 is 1.81 bits per heavy atom. The lowest BCUT2D eigenvalue weighted by Crippen LogP contribution is -2.33. The van der Waals surface area contributed by atoms with Gasteiger partial charge in [0.1, 0.15) is 0 Å². The number of benzene rings is 2. The second kappa shape index (κ2) is 7.26. The summed E-state index contributed by atoms with van der Waals surface area (Å²) in [6.07, 6.45) is 2.35. The topological polar surface area (TPSA) is 36.1 Å². The SMILES string of the molecule is Cc1[nH]c(=O)c2cc(Cl)ccc2c1CN1CCC(c2ccccc2)CC1. The van der Waals surface area contributed by atoms with E-state index in [2.05, 4.69) is 40.2 Å². The number of pyridine rings is 1. The van der Waals surface area contributed by atoms with Gasteiger partial charge in [-0.15, -0.1) is 0 Å². The lowest BCUT2D eigenvalue weighted by Gasteiger charge is -2.32. The lowest BCUT2D eigenvalue weighted by molar-refractivity contribution is 0.205. The predicted molar refractivity (Wildman–Crippen MR) is 108 cm³/mol. The Bertz CT molecular complexity index is 973. The third-order valence-electron chi connectivity index (χ3n) is 5.55. The number of nitrogens with one attached hydrogen (secondary N) is 1. The quantitative estimate of drug-likeness (QED) is 0.717. The number of rotatable bonds is 3. The molecule has 1 fully saturated rings. The standard InChI is InChI=1S/C22H23ClN2O/c1-15-21(19-8-7-18(23)13-20(19)22(26)24-15)14-25-11-9-17(10-12-25)16-5-3-2-4-6-16/h2-8,13,17H,9-12,14H2,1H3,(H,24,26). The summed E-state index contributed by atoms with van der Waals surface area (Å²) in [5, 5.41) is 2.29. The molecule has 2 aromatic carbocycles. The maximum absolute atomic E-state index is 12.3. The summed E-state index contributed by atoms with van der Waals surface area (Å²) in [5.74, 6) is 0.652. The average molecular weight is 367 g/mol. The molecule has 0 aliphatic carbocycles. The van der Waals surface area contributed by atoms with Crippen molar-refractivity contribution in [2.75, 3.05) is 13.1 Å². The molecule has 1 aromatic heterocycles. The number of likely N-dealkylation sites (tertiary alicyclic amines) is 1. The van der Waals surface area contributed by atoms with E-state index in [1.54, 1.807) is 6.07 Å². The molecule has 1 N–H and O–H groups in total. The number of fused-ring (bicyclic) bond motifs is 1. The molecule has 3 nitrogen and oxygen atoms in total. The highest BCUT2D eigenvalue weighted by atomic mass is 35.5. The van der Waals surface area contributed by atoms with Gasteiger partial charge in [-0.3, -0.25) is 9.69 Å². The minimum atomic E-state index is -0.0634. The highest BCUT2D eigenvalue weighted by molar-refractivity contribution is 6.31. The number of hydrogen-bond acceptors (Lipinski definition) is 2. The van der Waals surface area contributed by atoms with Crippen LogP contribution >= 0.6 is 11.6 Å². The summed E-state index contributed by atoms with van der Waals surface area (Å²) >= 11 is 6.09. The van der Waals surface area contributed by atoms with Crippen LogP contribution in [0.1, 0.15) is 35.6 Å². The normalized spacial score (nSPS) is 16.2. The first-order chi connectivity index (χ1) is 12.6. The van der Waals surface area contributed by atoms with Crippen molar-refractivity contribution in [3.8, 4) is 0 Å². The number of halogens is 1. The van der Waals surface area contributed by atoms with E-state index in [4.69, 9.17) is 11.6 Å². The molecule has 0 amide bonds. The van der Waals surface area contributed by atoms with Crippen LogP contribution in [-0.2, 0) is 6.54 Å². The molecule has 0 spiro atoms. The Hall–Kier alpha value is -2.10. The van der Waals surface area contributed by atoms with Crippen LogP contribution in [0.15, 0.2) is 53.3 Å². The zero-order chi connectivity index (χ0) is 18.1. The first kappa shape index (κ1) is 17.3. The van der Waals surface area contributed by atoms with E-state index in [1.807, 2.05) is 19.1 Å². The van der Waals surface area contributed by atoms with Crippen LogP contribution in [0.2, 0.25) is 5.02 Å². The van der Waals surface area contributed by atoms with Gasteiger partial charge in [-0.1, -0.05) is 48.0 Å². The zero-order valence-electron chi connectivity index (χ0n) is 15.0. The summed E-state index contributed by atoms with van der Waals surface area (Å²) < 4.78 is 0. The summed E-state index contributed by atoms with van der Waals surface area (Å²) in [6, 6.07) is 16.4. The third-order valence-corrected chi connectivity index (χ3v) is 5.78. The van der Waals surface area contributed by atoms with E-state index in [0.29, 0.717) is 16.3 Å². The number of H-pyrrole nitrogens is 1. The molecule has 0 unspecified atom stereocenters. The van der Waals surface area contributed by atoms with Gasteiger partial charge in [-0.2, -0.15) is 0 Å². The van der Waals surface area contributed by atoms with E-state index >= 15 is 0 Å². The highest BCUT2D eigenvalue weighted by Crippen LogP contribution is 2.30. The molecule has 1 aliphatic rings. The van der Waals surface area contributed by atoms with E-state index in [1.165, 1.54) is 24.0 Å². The van der Waals surface area contributed by atoms with E-state index in [9.17, 15) is 4.79 Å². The Morgan fingerprint density at radius 1 is 1.08 bits per heavy atom. The van der Waals surface area contributed by atoms with Gasteiger partial charge in [0.25, 0.3) is 5.56 Å². The van der Waals surface area contributed by atoms with Crippen LogP contribution in [0.4, 0.5) is 0 Å². The number of hydrogen-bond donors (Lipinski definition) is 1. The van der Waals surface area contributed by atoms with Crippen molar-refractivity contribution < 1.29 is 0 Å². The summed E-state index contributed by atoms with van der Waals surface area (Å²) in [6.45, 7) is 5.00. The van der Waals surface area contributed by atoms with Crippen molar-refractivity contribution in [3.63, 3.8) is 0 Å². The van der Waals surface area contributed by atoms with E-state index in [-0.39, 0.29) is 5.56 Å². The molecule has 3 aromatic rings. The Morgan fingerprint density at radius 3 is 2.54 bits per heavy atom. The fourth-order valence-electron chi connectivity index (χ4n) is 4.06. The van der Waals surface area contributed by atoms with Crippen molar-refractivity contribution in [1.29, 1.82) is 0 Å². The fraction of sp³-hybridized carbons (Fsp3) is 0.318. The molecule has 0 saturated carbocycles. The van der Waals surface area contributed by atoms with E-state index in [0.717, 1.165) is 30.7 Å². The molecule has 0 bridgehead atoms. The summed E-state index contributed by atoms with van der Waals surface area (Å²) in [7, 11) is 0. The number of aromatic nitrogens is 1. The van der Waals surface area contributed by atoms with Gasteiger partial charge in [0, 0.05) is 22.6 Å². The monoisotopic (exact) mass is 366 g/mol. The average Bonchev–Trinajstić information content (AvgIpc) is 2.66. The molecule has 4 rings (SSSR count). The molecule has 26 heavy (non-hydrogen) atoms. The van der Waals surface area contributed by atoms with Gasteiger partial charge in [0.2, 0.25) is 0 Å². The minimum Gasteiger partial charge on any atom is -0.326 e. The van der Waals surface area contributed by atoms with Crippen molar-refractivity contribution in [2.24, 2.45) is 0 Å².